The molecule has 0 bridgehead atoms. The van der Waals surface area contributed by atoms with Crippen molar-refractivity contribution in [2.45, 2.75) is 45.6 Å². The first-order valence-corrected chi connectivity index (χ1v) is 7.19. The molecule has 2 aliphatic rings. The van der Waals surface area contributed by atoms with E-state index in [0.29, 0.717) is 24.8 Å². The number of carbonyl (C=O) groups is 1. The number of nitrogens with zero attached hydrogens (tertiary/aromatic N) is 1. The van der Waals surface area contributed by atoms with Gasteiger partial charge in [-0.3, -0.25) is 0 Å². The SMILES string of the molecule is CCOc1cc2c3c(c1)C(C)CC(C)(C)N3COC2=O. The number of ether oxygens (including phenoxy) is 2. The third-order valence-electron chi connectivity index (χ3n) is 4.31. The molecule has 0 radical (unpaired) electrons. The van der Waals surface area contributed by atoms with Gasteiger partial charge in [-0.2, -0.15) is 0 Å². The van der Waals surface area contributed by atoms with E-state index in [1.807, 2.05) is 13.0 Å². The summed E-state index contributed by atoms with van der Waals surface area (Å²) in [5.41, 5.74) is 2.86. The molecule has 0 saturated carbocycles. The lowest BCUT2D eigenvalue weighted by molar-refractivity contribution is 0.0444. The first kappa shape index (κ1) is 13.3. The van der Waals surface area contributed by atoms with E-state index in [-0.39, 0.29) is 11.5 Å². The van der Waals surface area contributed by atoms with E-state index in [1.54, 1.807) is 0 Å². The molecule has 0 N–H and O–H groups in total. The lowest BCUT2D eigenvalue weighted by atomic mass is 9.79. The van der Waals surface area contributed by atoms with Crippen molar-refractivity contribution in [3.63, 3.8) is 0 Å². The normalized spacial score (nSPS) is 23.1. The molecular formula is C16H21NO3. The molecule has 1 atom stereocenters. The molecular weight excluding hydrogens is 254 g/mol. The van der Waals surface area contributed by atoms with Crippen LogP contribution in [0.1, 0.15) is 56.0 Å². The highest BCUT2D eigenvalue weighted by Crippen LogP contribution is 2.48. The summed E-state index contributed by atoms with van der Waals surface area (Å²) in [6.45, 7) is 9.49. The highest BCUT2D eigenvalue weighted by atomic mass is 16.5. The summed E-state index contributed by atoms with van der Waals surface area (Å²) in [4.78, 5) is 14.3. The Morgan fingerprint density at radius 1 is 1.45 bits per heavy atom. The summed E-state index contributed by atoms with van der Waals surface area (Å²) in [5.74, 6) is 0.914. The van der Waals surface area contributed by atoms with E-state index < -0.39 is 0 Å². The van der Waals surface area contributed by atoms with Crippen LogP contribution in [0, 0.1) is 0 Å². The van der Waals surface area contributed by atoms with Crippen molar-refractivity contribution in [1.82, 2.24) is 0 Å². The number of anilines is 1. The number of cyclic esters (lactones) is 1. The Morgan fingerprint density at radius 3 is 2.90 bits per heavy atom. The molecule has 20 heavy (non-hydrogen) atoms. The summed E-state index contributed by atoms with van der Waals surface area (Å²) in [6, 6.07) is 3.89. The Kier molecular flexibility index (Phi) is 2.92. The first-order valence-electron chi connectivity index (χ1n) is 7.19. The minimum atomic E-state index is -0.246. The molecule has 0 saturated heterocycles. The molecule has 0 aromatic heterocycles. The van der Waals surface area contributed by atoms with Crippen molar-refractivity contribution in [1.29, 1.82) is 0 Å². The van der Waals surface area contributed by atoms with Crippen molar-refractivity contribution in [2.24, 2.45) is 0 Å². The van der Waals surface area contributed by atoms with E-state index in [9.17, 15) is 4.79 Å². The van der Waals surface area contributed by atoms with Gasteiger partial charge in [0.05, 0.1) is 17.9 Å². The molecule has 1 aromatic rings. The maximum absolute atomic E-state index is 12.1. The van der Waals surface area contributed by atoms with Crippen LogP contribution < -0.4 is 9.64 Å². The summed E-state index contributed by atoms with van der Waals surface area (Å²) in [5, 5.41) is 0. The van der Waals surface area contributed by atoms with E-state index in [2.05, 4.69) is 31.7 Å². The molecule has 1 aromatic carbocycles. The number of hydrogen-bond donors (Lipinski definition) is 0. The lowest BCUT2D eigenvalue weighted by Gasteiger charge is -2.49. The summed E-state index contributed by atoms with van der Waals surface area (Å²) in [6.07, 6.45) is 1.03. The van der Waals surface area contributed by atoms with Crippen LogP contribution in [0.15, 0.2) is 12.1 Å². The molecule has 2 heterocycles. The monoisotopic (exact) mass is 275 g/mol. The second-order valence-electron chi connectivity index (χ2n) is 6.25. The second-order valence-corrected chi connectivity index (χ2v) is 6.25. The van der Waals surface area contributed by atoms with Gasteiger partial charge in [-0.05, 0) is 50.8 Å². The van der Waals surface area contributed by atoms with Gasteiger partial charge in [0.1, 0.15) is 5.75 Å². The zero-order chi connectivity index (χ0) is 14.5. The minimum absolute atomic E-state index is 0.00496. The van der Waals surface area contributed by atoms with Crippen LogP contribution in [0.4, 0.5) is 5.69 Å². The van der Waals surface area contributed by atoms with Gasteiger partial charge in [0, 0.05) is 5.54 Å². The molecule has 4 heteroatoms. The number of benzene rings is 1. The Bertz CT molecular complexity index is 565. The fourth-order valence-corrected chi connectivity index (χ4v) is 3.42. The molecule has 4 nitrogen and oxygen atoms in total. The fourth-order valence-electron chi connectivity index (χ4n) is 3.42. The van der Waals surface area contributed by atoms with E-state index in [4.69, 9.17) is 9.47 Å². The van der Waals surface area contributed by atoms with E-state index >= 15 is 0 Å². The van der Waals surface area contributed by atoms with Crippen molar-refractivity contribution < 1.29 is 14.3 Å². The van der Waals surface area contributed by atoms with Crippen LogP contribution in [0.2, 0.25) is 0 Å². The predicted octanol–water partition coefficient (Wildman–Crippen LogP) is 3.31. The molecule has 1 unspecified atom stereocenters. The summed E-state index contributed by atoms with van der Waals surface area (Å²) >= 11 is 0. The van der Waals surface area contributed by atoms with Gasteiger partial charge in [-0.1, -0.05) is 6.92 Å². The number of carbonyl (C=O) groups excluding carboxylic acids is 1. The van der Waals surface area contributed by atoms with Gasteiger partial charge in [-0.25, -0.2) is 4.79 Å². The maximum atomic E-state index is 12.1. The summed E-state index contributed by atoms with van der Waals surface area (Å²) in [7, 11) is 0. The van der Waals surface area contributed by atoms with Crippen LogP contribution >= 0.6 is 0 Å². The smallest absolute Gasteiger partial charge is 0.342 e. The Hall–Kier alpha value is -1.71. The largest absolute Gasteiger partial charge is 0.494 e. The average molecular weight is 275 g/mol. The highest BCUT2D eigenvalue weighted by molar-refractivity contribution is 5.99. The highest BCUT2D eigenvalue weighted by Gasteiger charge is 2.42. The predicted molar refractivity (Wildman–Crippen MR) is 77.5 cm³/mol. The number of esters is 1. The van der Waals surface area contributed by atoms with Gasteiger partial charge in [0.2, 0.25) is 0 Å². The van der Waals surface area contributed by atoms with Crippen LogP contribution in [-0.4, -0.2) is 24.8 Å². The minimum Gasteiger partial charge on any atom is -0.494 e. The summed E-state index contributed by atoms with van der Waals surface area (Å²) < 4.78 is 10.9. The molecule has 0 spiro atoms. The third kappa shape index (κ3) is 1.86. The van der Waals surface area contributed by atoms with Gasteiger partial charge in [0.25, 0.3) is 0 Å². The third-order valence-corrected chi connectivity index (χ3v) is 4.31. The zero-order valence-electron chi connectivity index (χ0n) is 12.5. The van der Waals surface area contributed by atoms with Gasteiger partial charge < -0.3 is 14.4 Å². The van der Waals surface area contributed by atoms with Crippen molar-refractivity contribution in [2.75, 3.05) is 18.2 Å². The van der Waals surface area contributed by atoms with E-state index in [0.717, 1.165) is 17.9 Å². The zero-order valence-corrected chi connectivity index (χ0v) is 12.5. The molecule has 0 fully saturated rings. The Labute approximate surface area is 119 Å². The van der Waals surface area contributed by atoms with Crippen molar-refractivity contribution in [3.8, 4) is 5.75 Å². The molecule has 3 rings (SSSR count). The Morgan fingerprint density at radius 2 is 2.20 bits per heavy atom. The second kappa shape index (κ2) is 4.40. The molecule has 0 amide bonds. The molecule has 0 aliphatic carbocycles. The van der Waals surface area contributed by atoms with Crippen molar-refractivity contribution in [3.05, 3.63) is 23.3 Å². The molecule has 2 aliphatic heterocycles. The van der Waals surface area contributed by atoms with E-state index in [1.165, 1.54) is 5.56 Å². The Balaban J connectivity index is 2.21. The quantitative estimate of drug-likeness (QED) is 0.776. The van der Waals surface area contributed by atoms with Gasteiger partial charge >= 0.3 is 5.97 Å². The number of rotatable bonds is 2. The van der Waals surface area contributed by atoms with Crippen LogP contribution in [0.25, 0.3) is 0 Å². The van der Waals surface area contributed by atoms with Crippen LogP contribution in [0.5, 0.6) is 5.75 Å². The lowest BCUT2D eigenvalue weighted by Crippen LogP contribution is -2.52. The van der Waals surface area contributed by atoms with Gasteiger partial charge in [-0.15, -0.1) is 0 Å². The van der Waals surface area contributed by atoms with Gasteiger partial charge in [0.15, 0.2) is 6.73 Å². The topological polar surface area (TPSA) is 38.8 Å². The van der Waals surface area contributed by atoms with Crippen LogP contribution in [-0.2, 0) is 4.74 Å². The first-order chi connectivity index (χ1) is 9.44. The molecule has 108 valence electrons. The standard InChI is InChI=1S/C16H21NO3/c1-5-19-11-6-12-10(2)8-16(3,4)17-9-20-15(18)13(7-11)14(12)17/h6-7,10H,5,8-9H2,1-4H3. The fraction of sp³-hybridized carbons (Fsp3) is 0.562. The number of hydrogen-bond acceptors (Lipinski definition) is 4. The van der Waals surface area contributed by atoms with Crippen molar-refractivity contribution >= 4 is 11.7 Å². The van der Waals surface area contributed by atoms with Crippen LogP contribution in [0.3, 0.4) is 0 Å². The maximum Gasteiger partial charge on any atom is 0.342 e. The average Bonchev–Trinajstić information content (AvgIpc) is 2.37.